The summed E-state index contributed by atoms with van der Waals surface area (Å²) in [5.74, 6) is -1.09. The van der Waals surface area contributed by atoms with Gasteiger partial charge in [0.2, 0.25) is 0 Å². The molecule has 1 aliphatic carbocycles. The lowest BCUT2D eigenvalue weighted by molar-refractivity contribution is 0.125. The first-order valence-electron chi connectivity index (χ1n) is 6.47. The molecule has 4 heteroatoms. The predicted molar refractivity (Wildman–Crippen MR) is 66.2 cm³/mol. The highest BCUT2D eigenvalue weighted by Gasteiger charge is 2.24. The molecule has 1 aromatic carbocycles. The summed E-state index contributed by atoms with van der Waals surface area (Å²) in [5, 5.41) is 13.4. The Morgan fingerprint density at radius 2 is 1.94 bits per heavy atom. The van der Waals surface area contributed by atoms with Crippen LogP contribution in [0.2, 0.25) is 0 Å². The van der Waals surface area contributed by atoms with E-state index < -0.39 is 17.7 Å². The van der Waals surface area contributed by atoms with Gasteiger partial charge in [0.15, 0.2) is 0 Å². The van der Waals surface area contributed by atoms with Gasteiger partial charge in [-0.2, -0.15) is 0 Å². The Morgan fingerprint density at radius 1 is 1.28 bits per heavy atom. The van der Waals surface area contributed by atoms with E-state index in [4.69, 9.17) is 0 Å². The van der Waals surface area contributed by atoms with E-state index in [2.05, 4.69) is 5.32 Å². The number of benzene rings is 1. The van der Waals surface area contributed by atoms with Crippen LogP contribution in [0.3, 0.4) is 0 Å². The van der Waals surface area contributed by atoms with Crippen LogP contribution in [0.4, 0.5) is 8.78 Å². The average Bonchev–Trinajstić information content (AvgIpc) is 2.84. The predicted octanol–water partition coefficient (Wildman–Crippen LogP) is 2.92. The van der Waals surface area contributed by atoms with Crippen molar-refractivity contribution < 1.29 is 13.9 Å². The normalized spacial score (nSPS) is 20.0. The molecular weight excluding hydrogens is 236 g/mol. The Morgan fingerprint density at radius 3 is 2.61 bits per heavy atom. The molecule has 1 fully saturated rings. The number of nitrogens with one attached hydrogen (secondary N) is 1. The lowest BCUT2D eigenvalue weighted by Crippen LogP contribution is -2.38. The summed E-state index contributed by atoms with van der Waals surface area (Å²) in [6, 6.07) is 3.26. The molecule has 0 heterocycles. The maximum absolute atomic E-state index is 13.5. The van der Waals surface area contributed by atoms with Crippen molar-refractivity contribution >= 4 is 0 Å². The van der Waals surface area contributed by atoms with Crippen LogP contribution in [0.5, 0.6) is 0 Å². The van der Waals surface area contributed by atoms with Gasteiger partial charge in [-0.05, 0) is 38.0 Å². The van der Waals surface area contributed by atoms with E-state index in [1.165, 1.54) is 12.8 Å². The minimum atomic E-state index is -1.03. The molecule has 0 bridgehead atoms. The van der Waals surface area contributed by atoms with E-state index >= 15 is 0 Å². The highest BCUT2D eigenvalue weighted by Crippen LogP contribution is 2.24. The molecule has 2 nitrogen and oxygen atoms in total. The van der Waals surface area contributed by atoms with Crippen LogP contribution in [0.25, 0.3) is 0 Å². The van der Waals surface area contributed by atoms with Crippen LogP contribution >= 0.6 is 0 Å². The van der Waals surface area contributed by atoms with Gasteiger partial charge in [0.25, 0.3) is 0 Å². The standard InChI is InChI=1S/C14H19F2NO/c1-9(17-11-4-2-3-5-11)14(18)12-8-10(15)6-7-13(12)16/h6-9,11,14,17-18H,2-5H2,1H3. The molecule has 1 saturated carbocycles. The summed E-state index contributed by atoms with van der Waals surface area (Å²) in [6.45, 7) is 1.80. The lowest BCUT2D eigenvalue weighted by Gasteiger charge is -2.24. The fourth-order valence-electron chi connectivity index (χ4n) is 2.57. The van der Waals surface area contributed by atoms with E-state index in [-0.39, 0.29) is 11.6 Å². The molecule has 2 atom stereocenters. The summed E-state index contributed by atoms with van der Waals surface area (Å²) in [7, 11) is 0. The van der Waals surface area contributed by atoms with Gasteiger partial charge in [0, 0.05) is 17.6 Å². The topological polar surface area (TPSA) is 32.3 Å². The van der Waals surface area contributed by atoms with E-state index in [0.29, 0.717) is 6.04 Å². The molecule has 2 rings (SSSR count). The zero-order valence-corrected chi connectivity index (χ0v) is 10.5. The largest absolute Gasteiger partial charge is 0.387 e. The van der Waals surface area contributed by atoms with E-state index in [1.54, 1.807) is 6.92 Å². The zero-order chi connectivity index (χ0) is 13.1. The van der Waals surface area contributed by atoms with Crippen LogP contribution in [0.1, 0.15) is 44.3 Å². The first-order chi connectivity index (χ1) is 8.58. The van der Waals surface area contributed by atoms with Gasteiger partial charge in [-0.15, -0.1) is 0 Å². The summed E-state index contributed by atoms with van der Waals surface area (Å²) >= 11 is 0. The van der Waals surface area contributed by atoms with Crippen molar-refractivity contribution in [1.29, 1.82) is 0 Å². The average molecular weight is 255 g/mol. The van der Waals surface area contributed by atoms with Gasteiger partial charge in [0.05, 0.1) is 6.10 Å². The summed E-state index contributed by atoms with van der Waals surface area (Å²) in [6.07, 6.45) is 3.52. The Balaban J connectivity index is 2.04. The molecule has 0 amide bonds. The SMILES string of the molecule is CC(NC1CCCC1)C(O)c1cc(F)ccc1F. The zero-order valence-electron chi connectivity index (χ0n) is 10.5. The Hall–Kier alpha value is -1.00. The van der Waals surface area contributed by atoms with Gasteiger partial charge in [-0.3, -0.25) is 0 Å². The Labute approximate surface area is 106 Å². The molecule has 2 unspecified atom stereocenters. The molecule has 0 saturated heterocycles. The molecule has 100 valence electrons. The Bertz CT molecular complexity index is 405. The molecule has 1 aromatic rings. The van der Waals surface area contributed by atoms with E-state index in [9.17, 15) is 13.9 Å². The molecule has 2 N–H and O–H groups in total. The quantitative estimate of drug-likeness (QED) is 0.867. The summed E-state index contributed by atoms with van der Waals surface area (Å²) in [4.78, 5) is 0. The van der Waals surface area contributed by atoms with Crippen molar-refractivity contribution in [2.45, 2.75) is 50.8 Å². The fraction of sp³-hybridized carbons (Fsp3) is 0.571. The molecule has 0 spiro atoms. The monoisotopic (exact) mass is 255 g/mol. The third-order valence-electron chi connectivity index (χ3n) is 3.60. The van der Waals surface area contributed by atoms with Crippen molar-refractivity contribution in [2.24, 2.45) is 0 Å². The van der Waals surface area contributed by atoms with Crippen molar-refractivity contribution in [3.05, 3.63) is 35.4 Å². The first-order valence-corrected chi connectivity index (χ1v) is 6.47. The second-order valence-electron chi connectivity index (χ2n) is 5.05. The molecule has 0 aromatic heterocycles. The molecule has 0 radical (unpaired) electrons. The van der Waals surface area contributed by atoms with Crippen molar-refractivity contribution in [3.63, 3.8) is 0 Å². The van der Waals surface area contributed by atoms with Crippen molar-refractivity contribution in [2.75, 3.05) is 0 Å². The van der Waals surface area contributed by atoms with Crippen LogP contribution < -0.4 is 5.32 Å². The summed E-state index contributed by atoms with van der Waals surface area (Å²) < 4.78 is 26.6. The number of aliphatic hydroxyl groups is 1. The van der Waals surface area contributed by atoms with Crippen LogP contribution in [0.15, 0.2) is 18.2 Å². The van der Waals surface area contributed by atoms with Gasteiger partial charge in [-0.1, -0.05) is 12.8 Å². The molecule has 18 heavy (non-hydrogen) atoms. The summed E-state index contributed by atoms with van der Waals surface area (Å²) in [5.41, 5.74) is 0.0213. The van der Waals surface area contributed by atoms with Crippen LogP contribution in [-0.4, -0.2) is 17.2 Å². The smallest absolute Gasteiger partial charge is 0.129 e. The number of rotatable bonds is 4. The second kappa shape index (κ2) is 5.76. The van der Waals surface area contributed by atoms with Gasteiger partial charge in [-0.25, -0.2) is 8.78 Å². The highest BCUT2D eigenvalue weighted by molar-refractivity contribution is 5.22. The number of hydrogen-bond donors (Lipinski definition) is 2. The fourth-order valence-corrected chi connectivity index (χ4v) is 2.57. The molecular formula is C14H19F2NO. The number of hydrogen-bond acceptors (Lipinski definition) is 2. The van der Waals surface area contributed by atoms with Crippen molar-refractivity contribution in [1.82, 2.24) is 5.32 Å². The molecule has 1 aliphatic rings. The lowest BCUT2D eigenvalue weighted by atomic mass is 10.0. The van der Waals surface area contributed by atoms with Gasteiger partial charge in [0.1, 0.15) is 11.6 Å². The third kappa shape index (κ3) is 3.06. The van der Waals surface area contributed by atoms with Crippen LogP contribution in [0, 0.1) is 11.6 Å². The maximum Gasteiger partial charge on any atom is 0.129 e. The van der Waals surface area contributed by atoms with E-state index in [1.807, 2.05) is 0 Å². The van der Waals surface area contributed by atoms with E-state index in [0.717, 1.165) is 31.0 Å². The third-order valence-corrected chi connectivity index (χ3v) is 3.60. The molecule has 0 aliphatic heterocycles. The maximum atomic E-state index is 13.5. The second-order valence-corrected chi connectivity index (χ2v) is 5.05. The van der Waals surface area contributed by atoms with Gasteiger partial charge < -0.3 is 10.4 Å². The highest BCUT2D eigenvalue weighted by atomic mass is 19.1. The Kier molecular flexibility index (Phi) is 4.30. The van der Waals surface area contributed by atoms with Crippen LogP contribution in [-0.2, 0) is 0 Å². The minimum absolute atomic E-state index is 0.0213. The minimum Gasteiger partial charge on any atom is -0.387 e. The number of halogens is 2. The number of aliphatic hydroxyl groups excluding tert-OH is 1. The first kappa shape index (κ1) is 13.4. The van der Waals surface area contributed by atoms with Gasteiger partial charge >= 0.3 is 0 Å². The van der Waals surface area contributed by atoms with Crippen molar-refractivity contribution in [3.8, 4) is 0 Å².